The maximum absolute atomic E-state index is 13.8. The number of rotatable bonds is 7. The lowest BCUT2D eigenvalue weighted by atomic mass is 10.3. The maximum atomic E-state index is 13.8. The Labute approximate surface area is 154 Å². The van der Waals surface area contributed by atoms with Crippen molar-refractivity contribution in [2.24, 2.45) is 9.98 Å². The molecule has 0 radical (unpaired) electrons. The van der Waals surface area contributed by atoms with Crippen LogP contribution >= 0.6 is 7.14 Å². The van der Waals surface area contributed by atoms with Gasteiger partial charge in [0.1, 0.15) is 7.14 Å². The highest BCUT2D eigenvalue weighted by Crippen LogP contribution is 2.43. The van der Waals surface area contributed by atoms with Crippen LogP contribution in [0.2, 0.25) is 0 Å². The Morgan fingerprint density at radius 1 is 0.731 bits per heavy atom. The second-order valence-corrected chi connectivity index (χ2v) is 8.88. The van der Waals surface area contributed by atoms with Crippen LogP contribution in [0.5, 0.6) is 0 Å². The number of hydrogen-bond donors (Lipinski definition) is 0. The van der Waals surface area contributed by atoms with Crippen LogP contribution in [0.25, 0.3) is 0 Å². The van der Waals surface area contributed by atoms with E-state index in [4.69, 9.17) is 0 Å². The molecule has 0 aliphatic rings. The minimum atomic E-state index is -2.65. The van der Waals surface area contributed by atoms with Crippen LogP contribution in [0, 0.1) is 0 Å². The van der Waals surface area contributed by atoms with E-state index in [0.29, 0.717) is 12.7 Å². The molecule has 130 valence electrons. The molecule has 0 spiro atoms. The Morgan fingerprint density at radius 2 is 1.23 bits per heavy atom. The van der Waals surface area contributed by atoms with Crippen molar-refractivity contribution < 1.29 is 4.57 Å². The Morgan fingerprint density at radius 3 is 1.77 bits per heavy atom. The van der Waals surface area contributed by atoms with Crippen LogP contribution in [0.3, 0.4) is 0 Å². The molecule has 26 heavy (non-hydrogen) atoms. The summed E-state index contributed by atoms with van der Waals surface area (Å²) in [5.41, 5.74) is 0.829. The van der Waals surface area contributed by atoms with Gasteiger partial charge in [0, 0.05) is 16.8 Å². The van der Waals surface area contributed by atoms with Crippen LogP contribution < -0.4 is 10.6 Å². The fourth-order valence-electron chi connectivity index (χ4n) is 2.76. The van der Waals surface area contributed by atoms with E-state index in [0.717, 1.165) is 22.7 Å². The van der Waals surface area contributed by atoms with Gasteiger partial charge in [-0.05, 0) is 18.6 Å². The number of nitrogens with zero attached hydrogens (tertiary/aromatic N) is 2. The highest BCUT2D eigenvalue weighted by molar-refractivity contribution is 7.78. The summed E-state index contributed by atoms with van der Waals surface area (Å²) >= 11 is 0. The van der Waals surface area contributed by atoms with Gasteiger partial charge in [0.2, 0.25) is 0 Å². The third-order valence-corrected chi connectivity index (χ3v) is 7.31. The monoisotopic (exact) mass is 360 g/mol. The highest BCUT2D eigenvalue weighted by atomic mass is 31.2. The molecular weight excluding hydrogens is 339 g/mol. The molecule has 0 N–H and O–H groups in total. The van der Waals surface area contributed by atoms with Gasteiger partial charge < -0.3 is 4.57 Å². The maximum Gasteiger partial charge on any atom is 0.143 e. The predicted molar refractivity (Wildman–Crippen MR) is 110 cm³/mol. The quantitative estimate of drug-likeness (QED) is 0.336. The largest absolute Gasteiger partial charge is 0.314 e. The fourth-order valence-corrected chi connectivity index (χ4v) is 5.47. The molecule has 0 atom stereocenters. The molecule has 0 bridgehead atoms. The van der Waals surface area contributed by atoms with E-state index < -0.39 is 7.14 Å². The zero-order valence-corrected chi connectivity index (χ0v) is 15.4. The molecule has 4 heteroatoms. The molecular formula is C22H21N2OP. The first-order valence-electron chi connectivity index (χ1n) is 8.67. The van der Waals surface area contributed by atoms with Crippen molar-refractivity contribution >= 4 is 29.4 Å². The molecule has 0 heterocycles. The number of benzene rings is 3. The summed E-state index contributed by atoms with van der Waals surface area (Å²) in [6.07, 6.45) is 1.30. The van der Waals surface area contributed by atoms with Crippen molar-refractivity contribution in [1.29, 1.82) is 0 Å². The summed E-state index contributed by atoms with van der Waals surface area (Å²) in [6, 6.07) is 31.8. The van der Waals surface area contributed by atoms with E-state index in [1.807, 2.05) is 91.0 Å². The molecule has 3 rings (SSSR count). The van der Waals surface area contributed by atoms with Crippen LogP contribution in [0.1, 0.15) is 6.42 Å². The standard InChI is InChI=1S/C22H21N2OP/c25-26(21-13-6-2-7-14-21,22-15-8-3-9-16-22)18-10-17-23-19-24-20-11-4-1-5-12-20/h1-9,11-16H,10,17-18H2. The van der Waals surface area contributed by atoms with Crippen molar-refractivity contribution in [3.05, 3.63) is 91.0 Å². The van der Waals surface area contributed by atoms with Gasteiger partial charge in [-0.1, -0.05) is 78.9 Å². The normalized spacial score (nSPS) is 10.8. The van der Waals surface area contributed by atoms with Crippen LogP contribution in [0.4, 0.5) is 5.69 Å². The summed E-state index contributed by atoms with van der Waals surface area (Å²) < 4.78 is 13.8. The Kier molecular flexibility index (Phi) is 6.33. The number of hydrogen-bond acceptors (Lipinski definition) is 3. The molecule has 0 aliphatic carbocycles. The topological polar surface area (TPSA) is 41.8 Å². The second kappa shape index (κ2) is 9.10. The summed E-state index contributed by atoms with van der Waals surface area (Å²) in [5.74, 6) is 0. The van der Waals surface area contributed by atoms with Gasteiger partial charge in [0.15, 0.2) is 0 Å². The fraction of sp³-hybridized carbons (Fsp3) is 0.136. The Bertz CT molecular complexity index is 875. The van der Waals surface area contributed by atoms with Gasteiger partial charge in [0.25, 0.3) is 0 Å². The molecule has 0 aliphatic heterocycles. The lowest BCUT2D eigenvalue weighted by molar-refractivity contribution is 0.585. The van der Waals surface area contributed by atoms with Crippen LogP contribution in [-0.4, -0.2) is 18.7 Å². The summed E-state index contributed by atoms with van der Waals surface area (Å²) in [7, 11) is -2.65. The van der Waals surface area contributed by atoms with Crippen LogP contribution in [0.15, 0.2) is 101 Å². The van der Waals surface area contributed by atoms with E-state index >= 15 is 0 Å². The van der Waals surface area contributed by atoms with Gasteiger partial charge in [-0.3, -0.25) is 0 Å². The molecule has 0 fully saturated rings. The van der Waals surface area contributed by atoms with Gasteiger partial charge in [-0.2, -0.15) is 4.99 Å². The average Bonchev–Trinajstić information content (AvgIpc) is 2.72. The van der Waals surface area contributed by atoms with Crippen LogP contribution in [-0.2, 0) is 4.57 Å². The first-order valence-corrected chi connectivity index (χ1v) is 10.6. The van der Waals surface area contributed by atoms with E-state index in [9.17, 15) is 4.57 Å². The predicted octanol–water partition coefficient (Wildman–Crippen LogP) is 4.90. The third-order valence-electron chi connectivity index (χ3n) is 4.10. The van der Waals surface area contributed by atoms with Gasteiger partial charge >= 0.3 is 0 Å². The van der Waals surface area contributed by atoms with Gasteiger partial charge in [-0.25, -0.2) is 4.99 Å². The van der Waals surface area contributed by atoms with Crippen molar-refractivity contribution in [3.8, 4) is 0 Å². The third kappa shape index (κ3) is 4.67. The first kappa shape index (κ1) is 18.1. The van der Waals surface area contributed by atoms with Gasteiger partial charge in [0.05, 0.1) is 18.2 Å². The molecule has 0 unspecified atom stereocenters. The lowest BCUT2D eigenvalue weighted by Crippen LogP contribution is -2.18. The highest BCUT2D eigenvalue weighted by Gasteiger charge is 2.26. The lowest BCUT2D eigenvalue weighted by Gasteiger charge is -2.18. The van der Waals surface area contributed by atoms with Crippen molar-refractivity contribution in [3.63, 3.8) is 0 Å². The molecule has 0 saturated heterocycles. The number of aliphatic imine (C=N–C) groups is 2. The second-order valence-electron chi connectivity index (χ2n) is 5.92. The van der Waals surface area contributed by atoms with Crippen molar-refractivity contribution in [2.75, 3.05) is 12.7 Å². The molecule has 3 aromatic carbocycles. The van der Waals surface area contributed by atoms with Gasteiger partial charge in [-0.15, -0.1) is 0 Å². The Hall–Kier alpha value is -2.73. The van der Waals surface area contributed by atoms with Crippen molar-refractivity contribution in [1.82, 2.24) is 0 Å². The van der Waals surface area contributed by atoms with Crippen molar-refractivity contribution in [2.45, 2.75) is 6.42 Å². The summed E-state index contributed by atoms with van der Waals surface area (Å²) in [6.45, 7) is 0.556. The molecule has 0 saturated carbocycles. The minimum Gasteiger partial charge on any atom is -0.314 e. The summed E-state index contributed by atoms with van der Waals surface area (Å²) in [4.78, 5) is 8.39. The molecule has 3 nitrogen and oxygen atoms in total. The first-order chi connectivity index (χ1) is 12.8. The zero-order chi connectivity index (χ0) is 18.1. The SMILES string of the molecule is O=P(CCCN=C=Nc1ccccc1)(c1ccccc1)c1ccccc1. The molecule has 0 amide bonds. The Balaban J connectivity index is 1.70. The zero-order valence-electron chi connectivity index (χ0n) is 14.5. The van der Waals surface area contributed by atoms with E-state index in [2.05, 4.69) is 16.0 Å². The van der Waals surface area contributed by atoms with E-state index in [1.165, 1.54) is 0 Å². The minimum absolute atomic E-state index is 0.556. The number of para-hydroxylation sites is 1. The molecule has 3 aromatic rings. The van der Waals surface area contributed by atoms with E-state index in [1.54, 1.807) is 0 Å². The summed E-state index contributed by atoms with van der Waals surface area (Å²) in [5, 5.41) is 1.79. The average molecular weight is 360 g/mol. The van der Waals surface area contributed by atoms with E-state index in [-0.39, 0.29) is 0 Å². The molecule has 0 aromatic heterocycles. The smallest absolute Gasteiger partial charge is 0.143 e.